The lowest BCUT2D eigenvalue weighted by Crippen LogP contribution is -2.40. The number of benzene rings is 1. The van der Waals surface area contributed by atoms with Gasteiger partial charge in [0.25, 0.3) is 0 Å². The maximum absolute atomic E-state index is 12.1. The molecule has 5 rings (SSSR count). The molecule has 1 aromatic carbocycles. The van der Waals surface area contributed by atoms with Crippen LogP contribution in [0.4, 0.5) is 5.82 Å². The average molecular weight is 567 g/mol. The van der Waals surface area contributed by atoms with Crippen molar-refractivity contribution < 1.29 is 18.8 Å². The van der Waals surface area contributed by atoms with Crippen molar-refractivity contribution in [3.8, 4) is 11.5 Å². The summed E-state index contributed by atoms with van der Waals surface area (Å²) in [5, 5.41) is 0.784. The van der Waals surface area contributed by atoms with Gasteiger partial charge in [0.1, 0.15) is 12.9 Å². The summed E-state index contributed by atoms with van der Waals surface area (Å²) in [5.41, 5.74) is 7.43. The van der Waals surface area contributed by atoms with E-state index in [1.165, 1.54) is 18.1 Å². The average Bonchev–Trinajstić information content (AvgIpc) is 3.43. The van der Waals surface area contributed by atoms with E-state index in [4.69, 9.17) is 24.7 Å². The second kappa shape index (κ2) is 10.2. The van der Waals surface area contributed by atoms with Gasteiger partial charge in [-0.2, -0.15) is 0 Å². The smallest absolute Gasteiger partial charge is 0.248 e. The van der Waals surface area contributed by atoms with Gasteiger partial charge in [-0.3, -0.25) is 4.79 Å². The number of anilines is 1. The second-order valence-electron chi connectivity index (χ2n) is 8.14. The number of ether oxygens (including phenoxy) is 2. The number of carbonyl (C=O) groups excluding carboxylic acids is 1. The molecule has 1 amide bonds. The number of aryl methyl sites for hydroxylation is 1. The molecule has 0 saturated carbocycles. The summed E-state index contributed by atoms with van der Waals surface area (Å²) in [5.74, 6) is 2.33. The molecule has 13 heteroatoms. The van der Waals surface area contributed by atoms with Crippen LogP contribution in [0.25, 0.3) is 11.2 Å². The summed E-state index contributed by atoms with van der Waals surface area (Å²) in [7, 11) is 2.13. The third-order valence-electron chi connectivity index (χ3n) is 6.09. The highest BCUT2D eigenvalue weighted by Gasteiger charge is 2.24. The van der Waals surface area contributed by atoms with Gasteiger partial charge in [-0.25, -0.2) is 15.0 Å². The minimum absolute atomic E-state index is 0.0363. The Morgan fingerprint density at radius 3 is 2.79 bits per heavy atom. The van der Waals surface area contributed by atoms with Gasteiger partial charge in [-0.05, 0) is 53.2 Å². The summed E-state index contributed by atoms with van der Waals surface area (Å²) in [6, 6.07) is 3.85. The van der Waals surface area contributed by atoms with E-state index >= 15 is 0 Å². The number of fused-ring (bicyclic) bond motifs is 2. The van der Waals surface area contributed by atoms with Gasteiger partial charge in [0, 0.05) is 38.5 Å². The van der Waals surface area contributed by atoms with Crippen LogP contribution < -0.4 is 15.2 Å². The van der Waals surface area contributed by atoms with Gasteiger partial charge in [0.05, 0.1) is 0 Å². The molecule has 180 valence electrons. The van der Waals surface area contributed by atoms with Crippen LogP contribution in [0.15, 0.2) is 33.0 Å². The molecule has 1 atom stereocenters. The molecule has 34 heavy (non-hydrogen) atoms. The maximum atomic E-state index is 12.1. The molecule has 2 aromatic heterocycles. The largest absolute Gasteiger partial charge is 0.454 e. The first kappa shape index (κ1) is 23.6. The van der Waals surface area contributed by atoms with Gasteiger partial charge < -0.3 is 29.2 Å². The number of hydrogen-bond donors (Lipinski definition) is 1. The molecule has 2 aliphatic heterocycles. The van der Waals surface area contributed by atoms with E-state index in [2.05, 4.69) is 39.9 Å². The molecule has 3 aromatic rings. The van der Waals surface area contributed by atoms with E-state index in [0.29, 0.717) is 28.8 Å². The monoisotopic (exact) mass is 566 g/mol. The molecular formula is C21H24BrN6O4PS. The van der Waals surface area contributed by atoms with E-state index in [9.17, 15) is 4.79 Å². The highest BCUT2D eigenvalue weighted by atomic mass is 79.9. The second-order valence-corrected chi connectivity index (χ2v) is 10.3. The number of nitrogen functional groups attached to an aromatic ring is 1. The Labute approximate surface area is 211 Å². The molecule has 1 saturated heterocycles. The fraction of sp³-hybridized carbons (Fsp3) is 0.429. The van der Waals surface area contributed by atoms with Crippen molar-refractivity contribution in [2.45, 2.75) is 35.9 Å². The Morgan fingerprint density at radius 1 is 1.26 bits per heavy atom. The fourth-order valence-corrected chi connectivity index (χ4v) is 5.89. The number of rotatable bonds is 7. The van der Waals surface area contributed by atoms with E-state index in [0.717, 1.165) is 59.1 Å². The molecule has 1 unspecified atom stereocenters. The lowest BCUT2D eigenvalue weighted by Gasteiger charge is -2.32. The molecular weight excluding hydrogens is 543 g/mol. The number of amides is 1. The van der Waals surface area contributed by atoms with Gasteiger partial charge in [-0.1, -0.05) is 11.8 Å². The number of nitrogens with two attached hydrogens (primary N) is 1. The van der Waals surface area contributed by atoms with Gasteiger partial charge >= 0.3 is 0 Å². The first-order valence-electron chi connectivity index (χ1n) is 10.9. The summed E-state index contributed by atoms with van der Waals surface area (Å²) in [6.07, 6.45) is 4.34. The molecule has 4 heterocycles. The summed E-state index contributed by atoms with van der Waals surface area (Å²) in [4.78, 5) is 28.3. The van der Waals surface area contributed by atoms with E-state index in [-0.39, 0.29) is 19.3 Å². The Kier molecular flexibility index (Phi) is 7.10. The Morgan fingerprint density at radius 2 is 2.03 bits per heavy atom. The zero-order valence-corrected chi connectivity index (χ0v) is 21.8. The zero-order chi connectivity index (χ0) is 23.7. The molecule has 0 radical (unpaired) electrons. The number of halogens is 1. The number of carbonyl (C=O) groups is 1. The SMILES string of the molecule is Nc1ncnc2c1nc(Sc1cc3c(cc1Br)OCO3)n2CCC1CCN(C(=O)COP)CC1. The third-order valence-corrected chi connectivity index (χ3v) is 8.23. The van der Waals surface area contributed by atoms with E-state index < -0.39 is 0 Å². The van der Waals surface area contributed by atoms with Crippen molar-refractivity contribution in [1.82, 2.24) is 24.4 Å². The van der Waals surface area contributed by atoms with Crippen molar-refractivity contribution in [1.29, 1.82) is 0 Å². The van der Waals surface area contributed by atoms with Crippen LogP contribution in [0, 0.1) is 5.92 Å². The lowest BCUT2D eigenvalue weighted by atomic mass is 9.93. The van der Waals surface area contributed by atoms with Crippen LogP contribution in [0.2, 0.25) is 0 Å². The number of nitrogens with zero attached hydrogens (tertiary/aromatic N) is 5. The summed E-state index contributed by atoms with van der Waals surface area (Å²) in [6.45, 7) is 2.57. The van der Waals surface area contributed by atoms with Crippen LogP contribution in [0.1, 0.15) is 19.3 Å². The minimum Gasteiger partial charge on any atom is -0.454 e. The van der Waals surface area contributed by atoms with Crippen molar-refractivity contribution in [2.75, 3.05) is 32.2 Å². The number of piperidine rings is 1. The molecule has 10 nitrogen and oxygen atoms in total. The third kappa shape index (κ3) is 4.82. The topological polar surface area (TPSA) is 118 Å². The van der Waals surface area contributed by atoms with Crippen molar-refractivity contribution in [2.24, 2.45) is 5.92 Å². The van der Waals surface area contributed by atoms with Crippen LogP contribution in [0.3, 0.4) is 0 Å². The highest BCUT2D eigenvalue weighted by molar-refractivity contribution is 9.10. The van der Waals surface area contributed by atoms with Gasteiger partial charge in [0.2, 0.25) is 12.7 Å². The standard InChI is InChI=1S/C21H24BrN6O4PS/c22-13-7-14-15(31-11-30-14)8-16(13)34-21-26-18-19(23)24-10-25-20(18)28(21)6-3-12-1-4-27(5-2-12)17(29)9-32-33/h7-8,10,12H,1-6,9,11,33H2,(H2,23,24,25). The molecule has 0 bridgehead atoms. The summed E-state index contributed by atoms with van der Waals surface area (Å²) < 4.78 is 18.9. The van der Waals surface area contributed by atoms with Gasteiger partial charge in [0.15, 0.2) is 33.6 Å². The molecule has 2 aliphatic rings. The zero-order valence-electron chi connectivity index (χ0n) is 18.3. The molecule has 0 spiro atoms. The number of imidazole rings is 1. The van der Waals surface area contributed by atoms with Crippen LogP contribution >= 0.6 is 37.2 Å². The van der Waals surface area contributed by atoms with Crippen molar-refractivity contribution in [3.63, 3.8) is 0 Å². The first-order valence-corrected chi connectivity index (χ1v) is 12.9. The fourth-order valence-electron chi connectivity index (χ4n) is 4.23. The number of likely N-dealkylation sites (tertiary alicyclic amines) is 1. The van der Waals surface area contributed by atoms with E-state index in [1.807, 2.05) is 17.0 Å². The van der Waals surface area contributed by atoms with Crippen molar-refractivity contribution >= 4 is 60.0 Å². The molecule has 1 fully saturated rings. The Hall–Kier alpha value is -2.14. The lowest BCUT2D eigenvalue weighted by molar-refractivity contribution is -0.134. The quantitative estimate of drug-likeness (QED) is 0.428. The van der Waals surface area contributed by atoms with Crippen molar-refractivity contribution in [3.05, 3.63) is 22.9 Å². The number of hydrogen-bond acceptors (Lipinski definition) is 9. The predicted octanol–water partition coefficient (Wildman–Crippen LogP) is 3.49. The number of aromatic nitrogens is 4. The van der Waals surface area contributed by atoms with Crippen LogP contribution in [-0.2, 0) is 15.9 Å². The Balaban J connectivity index is 1.35. The molecule has 2 N–H and O–H groups in total. The first-order chi connectivity index (χ1) is 16.5. The van der Waals surface area contributed by atoms with Gasteiger partial charge in [-0.15, -0.1) is 0 Å². The minimum atomic E-state index is 0.0363. The maximum Gasteiger partial charge on any atom is 0.248 e. The highest BCUT2D eigenvalue weighted by Crippen LogP contribution is 2.43. The molecule has 0 aliphatic carbocycles. The Bertz CT molecular complexity index is 1220. The summed E-state index contributed by atoms with van der Waals surface area (Å²) >= 11 is 5.15. The van der Waals surface area contributed by atoms with Crippen LogP contribution in [-0.4, -0.2) is 56.8 Å². The van der Waals surface area contributed by atoms with Crippen LogP contribution in [0.5, 0.6) is 11.5 Å². The normalized spacial score (nSPS) is 15.9. The predicted molar refractivity (Wildman–Crippen MR) is 134 cm³/mol. The van der Waals surface area contributed by atoms with E-state index in [1.54, 1.807) is 0 Å².